The van der Waals surface area contributed by atoms with Crippen LogP contribution in [0.25, 0.3) is 0 Å². The van der Waals surface area contributed by atoms with Gasteiger partial charge in [0.2, 0.25) is 0 Å². The lowest BCUT2D eigenvalue weighted by molar-refractivity contribution is 0.324. The fraction of sp³-hybridized carbons (Fsp3) is 0.625. The lowest BCUT2D eigenvalue weighted by Gasteiger charge is -2.35. The summed E-state index contributed by atoms with van der Waals surface area (Å²) in [5.41, 5.74) is 3.33. The predicted octanol–water partition coefficient (Wildman–Crippen LogP) is 3.19. The van der Waals surface area contributed by atoms with Gasteiger partial charge in [-0.1, -0.05) is 11.6 Å². The number of piperidine rings is 1. The third kappa shape index (κ3) is 2.05. The SMILES string of the molecule is Clc1ccc2c(c1)C1(CCNCC1)CN2CC1CC1. The highest BCUT2D eigenvalue weighted by Crippen LogP contribution is 2.48. The lowest BCUT2D eigenvalue weighted by Crippen LogP contribution is -2.43. The van der Waals surface area contributed by atoms with E-state index in [0.717, 1.165) is 24.0 Å². The van der Waals surface area contributed by atoms with Crippen molar-refractivity contribution < 1.29 is 0 Å². The Kier molecular flexibility index (Phi) is 2.78. The van der Waals surface area contributed by atoms with E-state index >= 15 is 0 Å². The average molecular weight is 277 g/mol. The second kappa shape index (κ2) is 4.39. The summed E-state index contributed by atoms with van der Waals surface area (Å²) in [5, 5.41) is 4.39. The molecule has 1 saturated heterocycles. The Hall–Kier alpha value is -0.730. The van der Waals surface area contributed by atoms with E-state index in [1.165, 1.54) is 50.0 Å². The normalized spacial score (nSPS) is 24.8. The molecule has 1 spiro atoms. The maximum atomic E-state index is 6.26. The van der Waals surface area contributed by atoms with Gasteiger partial charge in [-0.25, -0.2) is 0 Å². The molecule has 102 valence electrons. The molecule has 1 aromatic rings. The van der Waals surface area contributed by atoms with E-state index in [-0.39, 0.29) is 0 Å². The van der Waals surface area contributed by atoms with Crippen LogP contribution in [-0.2, 0) is 5.41 Å². The minimum Gasteiger partial charge on any atom is -0.370 e. The summed E-state index contributed by atoms with van der Waals surface area (Å²) < 4.78 is 0. The molecule has 4 rings (SSSR count). The van der Waals surface area contributed by atoms with Crippen LogP contribution < -0.4 is 10.2 Å². The Morgan fingerprint density at radius 2 is 2.05 bits per heavy atom. The van der Waals surface area contributed by atoms with Gasteiger partial charge < -0.3 is 10.2 Å². The standard InChI is InChI=1S/C16H21ClN2/c17-13-3-4-15-14(9-13)16(5-7-18-8-6-16)11-19(15)10-12-1-2-12/h3-4,9,12,18H,1-2,5-8,10-11H2. The summed E-state index contributed by atoms with van der Waals surface area (Å²) in [6.07, 6.45) is 5.35. The Balaban J connectivity index is 1.72. The maximum absolute atomic E-state index is 6.26. The van der Waals surface area contributed by atoms with Crippen molar-refractivity contribution in [3.8, 4) is 0 Å². The van der Waals surface area contributed by atoms with Crippen molar-refractivity contribution in [2.45, 2.75) is 31.1 Å². The van der Waals surface area contributed by atoms with Crippen LogP contribution in [0, 0.1) is 5.92 Å². The van der Waals surface area contributed by atoms with Gasteiger partial charge in [-0.3, -0.25) is 0 Å². The number of nitrogens with one attached hydrogen (secondary N) is 1. The lowest BCUT2D eigenvalue weighted by atomic mass is 9.75. The molecule has 2 aliphatic heterocycles. The van der Waals surface area contributed by atoms with Crippen molar-refractivity contribution in [2.75, 3.05) is 31.1 Å². The summed E-state index contributed by atoms with van der Waals surface area (Å²) in [6, 6.07) is 6.53. The molecule has 0 aromatic heterocycles. The van der Waals surface area contributed by atoms with Crippen molar-refractivity contribution >= 4 is 17.3 Å². The first-order valence-corrected chi connectivity index (χ1v) is 7.90. The number of anilines is 1. The summed E-state index contributed by atoms with van der Waals surface area (Å²) in [6.45, 7) is 4.75. The largest absolute Gasteiger partial charge is 0.370 e. The summed E-state index contributed by atoms with van der Waals surface area (Å²) in [5.74, 6) is 0.945. The molecule has 1 aromatic carbocycles. The molecule has 0 radical (unpaired) electrons. The Labute approximate surface area is 120 Å². The van der Waals surface area contributed by atoms with Crippen LogP contribution in [0.2, 0.25) is 5.02 Å². The van der Waals surface area contributed by atoms with Gasteiger partial charge in [-0.15, -0.1) is 0 Å². The summed E-state index contributed by atoms with van der Waals surface area (Å²) in [7, 11) is 0. The first-order valence-electron chi connectivity index (χ1n) is 7.53. The topological polar surface area (TPSA) is 15.3 Å². The quantitative estimate of drug-likeness (QED) is 0.892. The number of nitrogens with zero attached hydrogens (tertiary/aromatic N) is 1. The maximum Gasteiger partial charge on any atom is 0.0410 e. The zero-order valence-electron chi connectivity index (χ0n) is 11.3. The molecule has 0 amide bonds. The zero-order chi connectivity index (χ0) is 12.9. The molecule has 2 fully saturated rings. The van der Waals surface area contributed by atoms with E-state index in [1.54, 1.807) is 0 Å². The van der Waals surface area contributed by atoms with Gasteiger partial charge in [-0.05, 0) is 68.5 Å². The molecular formula is C16H21ClN2. The molecule has 2 heterocycles. The Morgan fingerprint density at radius 1 is 1.26 bits per heavy atom. The summed E-state index contributed by atoms with van der Waals surface area (Å²) in [4.78, 5) is 2.63. The van der Waals surface area contributed by atoms with Crippen molar-refractivity contribution in [2.24, 2.45) is 5.92 Å². The zero-order valence-corrected chi connectivity index (χ0v) is 12.0. The van der Waals surface area contributed by atoms with Crippen LogP contribution in [0.5, 0.6) is 0 Å². The van der Waals surface area contributed by atoms with E-state index in [9.17, 15) is 0 Å². The Morgan fingerprint density at radius 3 is 2.79 bits per heavy atom. The molecule has 19 heavy (non-hydrogen) atoms. The van der Waals surface area contributed by atoms with Crippen LogP contribution >= 0.6 is 11.6 Å². The fourth-order valence-electron chi connectivity index (χ4n) is 3.85. The molecule has 3 heteroatoms. The van der Waals surface area contributed by atoms with Crippen LogP contribution in [0.3, 0.4) is 0 Å². The van der Waals surface area contributed by atoms with E-state index in [1.807, 2.05) is 0 Å². The number of halogens is 1. The third-order valence-corrected chi connectivity index (χ3v) is 5.34. The molecule has 0 unspecified atom stereocenters. The minimum atomic E-state index is 0.361. The van der Waals surface area contributed by atoms with Gasteiger partial charge in [0.25, 0.3) is 0 Å². The van der Waals surface area contributed by atoms with Crippen LogP contribution in [-0.4, -0.2) is 26.2 Å². The van der Waals surface area contributed by atoms with Gasteiger partial charge in [0.15, 0.2) is 0 Å². The molecule has 1 aliphatic carbocycles. The van der Waals surface area contributed by atoms with E-state index in [0.29, 0.717) is 5.41 Å². The fourth-order valence-corrected chi connectivity index (χ4v) is 4.02. The Bertz CT molecular complexity index is 490. The van der Waals surface area contributed by atoms with Crippen molar-refractivity contribution in [1.82, 2.24) is 5.32 Å². The highest BCUT2D eigenvalue weighted by Gasteiger charge is 2.44. The van der Waals surface area contributed by atoms with Crippen molar-refractivity contribution in [3.63, 3.8) is 0 Å². The van der Waals surface area contributed by atoms with E-state index in [4.69, 9.17) is 11.6 Å². The predicted molar refractivity (Wildman–Crippen MR) is 80.2 cm³/mol. The van der Waals surface area contributed by atoms with Gasteiger partial charge >= 0.3 is 0 Å². The third-order valence-electron chi connectivity index (χ3n) is 5.10. The first-order chi connectivity index (χ1) is 9.27. The highest BCUT2D eigenvalue weighted by molar-refractivity contribution is 6.30. The molecule has 1 N–H and O–H groups in total. The van der Waals surface area contributed by atoms with Crippen molar-refractivity contribution in [1.29, 1.82) is 0 Å². The van der Waals surface area contributed by atoms with E-state index < -0.39 is 0 Å². The van der Waals surface area contributed by atoms with Crippen LogP contribution in [0.4, 0.5) is 5.69 Å². The van der Waals surface area contributed by atoms with E-state index in [2.05, 4.69) is 28.4 Å². The smallest absolute Gasteiger partial charge is 0.0410 e. The van der Waals surface area contributed by atoms with Crippen LogP contribution in [0.1, 0.15) is 31.2 Å². The average Bonchev–Trinajstić information content (AvgIpc) is 3.18. The monoisotopic (exact) mass is 276 g/mol. The molecule has 3 aliphatic rings. The summed E-state index contributed by atoms with van der Waals surface area (Å²) >= 11 is 6.26. The molecule has 0 atom stereocenters. The minimum absolute atomic E-state index is 0.361. The first kappa shape index (κ1) is 12.0. The van der Waals surface area contributed by atoms with Crippen molar-refractivity contribution in [3.05, 3.63) is 28.8 Å². The number of hydrogen-bond acceptors (Lipinski definition) is 2. The molecular weight excluding hydrogens is 256 g/mol. The van der Waals surface area contributed by atoms with Crippen LogP contribution in [0.15, 0.2) is 18.2 Å². The molecule has 0 bridgehead atoms. The second-order valence-corrected chi connectivity index (χ2v) is 6.95. The molecule has 1 saturated carbocycles. The van der Waals surface area contributed by atoms with Gasteiger partial charge in [0.05, 0.1) is 0 Å². The highest BCUT2D eigenvalue weighted by atomic mass is 35.5. The number of fused-ring (bicyclic) bond motifs is 2. The van der Waals surface area contributed by atoms with Gasteiger partial charge in [0, 0.05) is 29.2 Å². The van der Waals surface area contributed by atoms with Gasteiger partial charge in [0.1, 0.15) is 0 Å². The van der Waals surface area contributed by atoms with Gasteiger partial charge in [-0.2, -0.15) is 0 Å². The second-order valence-electron chi connectivity index (χ2n) is 6.52. The number of hydrogen-bond donors (Lipinski definition) is 1. The molecule has 2 nitrogen and oxygen atoms in total. The number of rotatable bonds is 2. The number of benzene rings is 1.